The second kappa shape index (κ2) is 9.64. The number of urea groups is 1. The number of carbonyl (C=O) groups excluding carboxylic acids is 1. The first-order valence-corrected chi connectivity index (χ1v) is 8.68. The molecule has 2 aromatic carbocycles. The normalized spacial score (nSPS) is 11.9. The van der Waals surface area contributed by atoms with Crippen LogP contribution in [0.1, 0.15) is 0 Å². The van der Waals surface area contributed by atoms with E-state index in [1.54, 1.807) is 42.5 Å². The van der Waals surface area contributed by atoms with E-state index in [1.165, 1.54) is 0 Å². The Hall–Kier alpha value is -1.99. The van der Waals surface area contributed by atoms with Crippen molar-refractivity contribution in [2.24, 2.45) is 0 Å². The number of halogens is 2. The SMILES string of the molecule is CN(C)CC(O)COc1ccc(NC(=O)Nc2cc(Cl)ccc2Cl)cc1. The van der Waals surface area contributed by atoms with Crippen molar-refractivity contribution in [1.82, 2.24) is 4.90 Å². The summed E-state index contributed by atoms with van der Waals surface area (Å²) in [6.45, 7) is 0.713. The van der Waals surface area contributed by atoms with E-state index < -0.39 is 12.1 Å². The van der Waals surface area contributed by atoms with Crippen LogP contribution < -0.4 is 15.4 Å². The Kier molecular flexibility index (Phi) is 7.53. The Bertz CT molecular complexity index is 739. The molecule has 2 amide bonds. The van der Waals surface area contributed by atoms with Gasteiger partial charge in [-0.2, -0.15) is 0 Å². The van der Waals surface area contributed by atoms with Crippen molar-refractivity contribution >= 4 is 40.6 Å². The van der Waals surface area contributed by atoms with Gasteiger partial charge in [-0.1, -0.05) is 23.2 Å². The molecule has 26 heavy (non-hydrogen) atoms. The summed E-state index contributed by atoms with van der Waals surface area (Å²) < 4.78 is 5.52. The lowest BCUT2D eigenvalue weighted by atomic mass is 10.3. The van der Waals surface area contributed by atoms with Gasteiger partial charge in [0.2, 0.25) is 0 Å². The van der Waals surface area contributed by atoms with E-state index in [0.717, 1.165) is 0 Å². The number of ether oxygens (including phenoxy) is 1. The van der Waals surface area contributed by atoms with Crippen LogP contribution in [0, 0.1) is 0 Å². The first-order chi connectivity index (χ1) is 12.3. The van der Waals surface area contributed by atoms with Crippen LogP contribution >= 0.6 is 23.2 Å². The van der Waals surface area contributed by atoms with Crippen molar-refractivity contribution < 1.29 is 14.6 Å². The topological polar surface area (TPSA) is 73.8 Å². The number of rotatable bonds is 7. The van der Waals surface area contributed by atoms with E-state index >= 15 is 0 Å². The van der Waals surface area contributed by atoms with Crippen LogP contribution in [0.5, 0.6) is 5.75 Å². The number of aliphatic hydroxyl groups excluding tert-OH is 1. The highest BCUT2D eigenvalue weighted by atomic mass is 35.5. The minimum Gasteiger partial charge on any atom is -0.491 e. The highest BCUT2D eigenvalue weighted by Gasteiger charge is 2.08. The lowest BCUT2D eigenvalue weighted by molar-refractivity contribution is 0.0831. The summed E-state index contributed by atoms with van der Waals surface area (Å²) in [6, 6.07) is 11.2. The van der Waals surface area contributed by atoms with Gasteiger partial charge >= 0.3 is 6.03 Å². The maximum atomic E-state index is 12.1. The largest absolute Gasteiger partial charge is 0.491 e. The first kappa shape index (κ1) is 20.3. The number of likely N-dealkylation sites (N-methyl/N-ethyl adjacent to an activating group) is 1. The van der Waals surface area contributed by atoms with E-state index in [4.69, 9.17) is 27.9 Å². The fourth-order valence-corrected chi connectivity index (χ4v) is 2.52. The Morgan fingerprint density at radius 3 is 2.50 bits per heavy atom. The predicted octanol–water partition coefficient (Wildman–Crippen LogP) is 3.94. The van der Waals surface area contributed by atoms with Gasteiger partial charge in [0.25, 0.3) is 0 Å². The third-order valence-electron chi connectivity index (χ3n) is 3.31. The third-order valence-corrected chi connectivity index (χ3v) is 3.87. The summed E-state index contributed by atoms with van der Waals surface area (Å²) >= 11 is 11.9. The average Bonchev–Trinajstić information content (AvgIpc) is 2.57. The maximum absolute atomic E-state index is 12.1. The second-order valence-electron chi connectivity index (χ2n) is 5.95. The van der Waals surface area contributed by atoms with E-state index in [1.807, 2.05) is 19.0 Å². The van der Waals surface area contributed by atoms with E-state index in [9.17, 15) is 9.90 Å². The molecule has 8 heteroatoms. The van der Waals surface area contributed by atoms with Gasteiger partial charge < -0.3 is 25.4 Å². The molecular weight excluding hydrogens is 377 g/mol. The van der Waals surface area contributed by atoms with Crippen molar-refractivity contribution in [3.63, 3.8) is 0 Å². The number of carbonyl (C=O) groups is 1. The summed E-state index contributed by atoms with van der Waals surface area (Å²) in [5.74, 6) is 0.603. The van der Waals surface area contributed by atoms with Gasteiger partial charge in [-0.25, -0.2) is 4.79 Å². The summed E-state index contributed by atoms with van der Waals surface area (Å²) in [4.78, 5) is 13.9. The van der Waals surface area contributed by atoms with Crippen molar-refractivity contribution in [2.75, 3.05) is 37.9 Å². The molecule has 0 bridgehead atoms. The Balaban J connectivity index is 1.86. The van der Waals surface area contributed by atoms with Gasteiger partial charge in [0.15, 0.2) is 0 Å². The number of nitrogens with zero attached hydrogens (tertiary/aromatic N) is 1. The van der Waals surface area contributed by atoms with Crippen molar-refractivity contribution in [3.05, 3.63) is 52.5 Å². The molecule has 0 spiro atoms. The molecule has 0 saturated heterocycles. The number of amides is 2. The van der Waals surface area contributed by atoms with E-state index in [0.29, 0.717) is 33.7 Å². The van der Waals surface area contributed by atoms with Crippen LogP contribution in [0.3, 0.4) is 0 Å². The molecule has 2 aromatic rings. The molecule has 0 aliphatic rings. The standard InChI is InChI=1S/C18H21Cl2N3O3/c1-23(2)10-14(24)11-26-15-6-4-13(5-7-15)21-18(25)22-17-9-12(19)3-8-16(17)20/h3-9,14,24H,10-11H2,1-2H3,(H2,21,22,25). The minimum absolute atomic E-state index is 0.193. The number of hydrogen-bond donors (Lipinski definition) is 3. The number of anilines is 2. The van der Waals surface area contributed by atoms with E-state index in [2.05, 4.69) is 10.6 Å². The van der Waals surface area contributed by atoms with E-state index in [-0.39, 0.29) is 6.61 Å². The monoisotopic (exact) mass is 397 g/mol. The van der Waals surface area contributed by atoms with Crippen LogP contribution in [0.4, 0.5) is 16.2 Å². The second-order valence-corrected chi connectivity index (χ2v) is 6.80. The smallest absolute Gasteiger partial charge is 0.323 e. The quantitative estimate of drug-likeness (QED) is 0.661. The number of nitrogens with one attached hydrogen (secondary N) is 2. The Morgan fingerprint density at radius 1 is 1.15 bits per heavy atom. The highest BCUT2D eigenvalue weighted by molar-refractivity contribution is 6.35. The van der Waals surface area contributed by atoms with Crippen LogP contribution in [-0.2, 0) is 0 Å². The van der Waals surface area contributed by atoms with Gasteiger partial charge in [-0.05, 0) is 56.6 Å². The number of aliphatic hydroxyl groups is 1. The fraction of sp³-hybridized carbons (Fsp3) is 0.278. The molecule has 2 rings (SSSR count). The molecule has 0 saturated carbocycles. The van der Waals surface area contributed by atoms with Gasteiger partial charge in [0, 0.05) is 17.3 Å². The van der Waals surface area contributed by atoms with Crippen LogP contribution in [0.2, 0.25) is 10.0 Å². The molecule has 0 radical (unpaired) electrons. The molecule has 0 aliphatic heterocycles. The van der Waals surface area contributed by atoms with Crippen LogP contribution in [0.25, 0.3) is 0 Å². The molecule has 0 fully saturated rings. The maximum Gasteiger partial charge on any atom is 0.323 e. The molecule has 3 N–H and O–H groups in total. The van der Waals surface area contributed by atoms with Crippen molar-refractivity contribution in [1.29, 1.82) is 0 Å². The zero-order valence-electron chi connectivity index (χ0n) is 14.5. The molecule has 6 nitrogen and oxygen atoms in total. The molecule has 0 heterocycles. The van der Waals surface area contributed by atoms with Crippen LogP contribution in [0.15, 0.2) is 42.5 Å². The summed E-state index contributed by atoms with van der Waals surface area (Å²) in [5, 5.41) is 16.0. The summed E-state index contributed by atoms with van der Waals surface area (Å²) in [5.41, 5.74) is 1.01. The zero-order chi connectivity index (χ0) is 19.1. The van der Waals surface area contributed by atoms with Crippen molar-refractivity contribution in [2.45, 2.75) is 6.10 Å². The first-order valence-electron chi connectivity index (χ1n) is 7.92. The van der Waals surface area contributed by atoms with Gasteiger partial charge in [-0.15, -0.1) is 0 Å². The molecule has 0 aliphatic carbocycles. The Labute approximate surface area is 162 Å². The lowest BCUT2D eigenvalue weighted by Gasteiger charge is -2.16. The average molecular weight is 398 g/mol. The van der Waals surface area contributed by atoms with Gasteiger partial charge in [0.05, 0.1) is 10.7 Å². The van der Waals surface area contributed by atoms with Gasteiger partial charge in [-0.3, -0.25) is 0 Å². The summed E-state index contributed by atoms with van der Waals surface area (Å²) in [7, 11) is 3.76. The highest BCUT2D eigenvalue weighted by Crippen LogP contribution is 2.25. The third kappa shape index (κ3) is 6.72. The molecule has 0 aromatic heterocycles. The predicted molar refractivity (Wildman–Crippen MR) is 106 cm³/mol. The molecular formula is C18H21Cl2N3O3. The molecule has 140 valence electrons. The zero-order valence-corrected chi connectivity index (χ0v) is 16.0. The number of hydrogen-bond acceptors (Lipinski definition) is 4. The lowest BCUT2D eigenvalue weighted by Crippen LogP contribution is -2.30. The Morgan fingerprint density at radius 2 is 1.85 bits per heavy atom. The number of benzene rings is 2. The molecule has 1 atom stereocenters. The van der Waals surface area contributed by atoms with Crippen molar-refractivity contribution in [3.8, 4) is 5.75 Å². The van der Waals surface area contributed by atoms with Gasteiger partial charge in [0.1, 0.15) is 18.5 Å². The molecule has 1 unspecified atom stereocenters. The minimum atomic E-state index is -0.573. The van der Waals surface area contributed by atoms with Crippen LogP contribution in [-0.4, -0.2) is 49.4 Å². The fourth-order valence-electron chi connectivity index (χ4n) is 2.18. The summed E-state index contributed by atoms with van der Waals surface area (Å²) in [6.07, 6.45) is -0.573.